The Morgan fingerprint density at radius 3 is 2.80 bits per heavy atom. The normalized spacial score (nSPS) is 12.4. The lowest BCUT2D eigenvalue weighted by molar-refractivity contribution is 0.155. The van der Waals surface area contributed by atoms with Gasteiger partial charge in [-0.1, -0.05) is 17.3 Å². The summed E-state index contributed by atoms with van der Waals surface area (Å²) in [5.41, 5.74) is 8.79. The Morgan fingerprint density at radius 2 is 2.10 bits per heavy atom. The van der Waals surface area contributed by atoms with Crippen molar-refractivity contribution in [3.8, 4) is 5.75 Å². The molecule has 0 aliphatic heterocycles. The maximum absolute atomic E-state index is 5.95. The number of hydrogen-bond donors (Lipinski definition) is 1. The highest BCUT2D eigenvalue weighted by Gasteiger charge is 2.10. The summed E-state index contributed by atoms with van der Waals surface area (Å²) in [6.45, 7) is 4.70. The van der Waals surface area contributed by atoms with Crippen LogP contribution in [0.3, 0.4) is 0 Å². The zero-order chi connectivity index (χ0) is 14.5. The summed E-state index contributed by atoms with van der Waals surface area (Å²) in [7, 11) is 1.61. The van der Waals surface area contributed by atoms with Gasteiger partial charge in [-0.25, -0.2) is 0 Å². The van der Waals surface area contributed by atoms with Crippen molar-refractivity contribution in [1.29, 1.82) is 0 Å². The molecular weight excluding hydrogens is 256 g/mol. The van der Waals surface area contributed by atoms with Crippen LogP contribution < -0.4 is 10.5 Å². The van der Waals surface area contributed by atoms with E-state index in [4.69, 9.17) is 19.7 Å². The number of methoxy groups -OCH3 is 1. The first-order valence-electron chi connectivity index (χ1n) is 6.52. The molecule has 0 saturated carbocycles. The Kier molecular flexibility index (Phi) is 4.76. The zero-order valence-corrected chi connectivity index (χ0v) is 12.1. The molecule has 1 atom stereocenters. The van der Waals surface area contributed by atoms with E-state index in [2.05, 4.69) is 5.16 Å². The Morgan fingerprint density at radius 1 is 1.30 bits per heavy atom. The average Bonchev–Trinajstić information content (AvgIpc) is 2.84. The monoisotopic (exact) mass is 276 g/mol. The molecule has 0 aliphatic carbocycles. The van der Waals surface area contributed by atoms with Gasteiger partial charge in [0.05, 0.1) is 0 Å². The van der Waals surface area contributed by atoms with Gasteiger partial charge in [-0.2, -0.15) is 0 Å². The van der Waals surface area contributed by atoms with Gasteiger partial charge in [-0.15, -0.1) is 0 Å². The zero-order valence-electron chi connectivity index (χ0n) is 12.1. The molecule has 1 heterocycles. The van der Waals surface area contributed by atoms with E-state index in [0.29, 0.717) is 19.0 Å². The first-order valence-corrected chi connectivity index (χ1v) is 6.52. The summed E-state index contributed by atoms with van der Waals surface area (Å²) in [6, 6.07) is 7.75. The highest BCUT2D eigenvalue weighted by Crippen LogP contribution is 2.26. The van der Waals surface area contributed by atoms with E-state index in [-0.39, 0.29) is 6.04 Å². The van der Waals surface area contributed by atoms with Crippen molar-refractivity contribution in [3.05, 3.63) is 46.8 Å². The van der Waals surface area contributed by atoms with Crippen molar-refractivity contribution >= 4 is 0 Å². The van der Waals surface area contributed by atoms with Gasteiger partial charge in [-0.3, -0.25) is 0 Å². The second-order valence-electron chi connectivity index (χ2n) is 4.84. The van der Waals surface area contributed by atoms with Crippen LogP contribution in [0.2, 0.25) is 0 Å². The van der Waals surface area contributed by atoms with Crippen molar-refractivity contribution in [1.82, 2.24) is 5.16 Å². The largest absolute Gasteiger partial charge is 0.487 e. The summed E-state index contributed by atoms with van der Waals surface area (Å²) in [4.78, 5) is 0. The van der Waals surface area contributed by atoms with Crippen molar-refractivity contribution < 1.29 is 14.0 Å². The second kappa shape index (κ2) is 6.54. The standard InChI is InChI=1S/C15H20N2O3/c1-10-4-5-14(11(2)16)15(6-10)19-8-12-7-13(9-18-3)20-17-12/h4-7,11H,8-9,16H2,1-3H3/t11-/m1/s1. The third-order valence-corrected chi connectivity index (χ3v) is 2.93. The summed E-state index contributed by atoms with van der Waals surface area (Å²) in [5.74, 6) is 1.47. The van der Waals surface area contributed by atoms with E-state index in [1.54, 1.807) is 7.11 Å². The minimum Gasteiger partial charge on any atom is -0.487 e. The Balaban J connectivity index is 2.07. The number of nitrogens with zero attached hydrogens (tertiary/aromatic N) is 1. The van der Waals surface area contributed by atoms with Crippen molar-refractivity contribution in [2.75, 3.05) is 7.11 Å². The number of rotatable bonds is 6. The highest BCUT2D eigenvalue weighted by atomic mass is 16.5. The van der Waals surface area contributed by atoms with Crippen LogP contribution in [0.15, 0.2) is 28.8 Å². The first-order chi connectivity index (χ1) is 9.60. The molecule has 0 aliphatic rings. The molecule has 2 N–H and O–H groups in total. The quantitative estimate of drug-likeness (QED) is 0.878. The number of ether oxygens (including phenoxy) is 2. The van der Waals surface area contributed by atoms with Crippen LogP contribution in [0.1, 0.15) is 35.5 Å². The summed E-state index contributed by atoms with van der Waals surface area (Å²) in [5, 5.41) is 3.94. The van der Waals surface area contributed by atoms with Gasteiger partial charge < -0.3 is 19.7 Å². The molecule has 1 aromatic carbocycles. The van der Waals surface area contributed by atoms with Crippen LogP contribution in [0.5, 0.6) is 5.75 Å². The van der Waals surface area contributed by atoms with Crippen molar-refractivity contribution in [3.63, 3.8) is 0 Å². The summed E-state index contributed by atoms with van der Waals surface area (Å²) < 4.78 is 15.9. The smallest absolute Gasteiger partial charge is 0.162 e. The predicted octanol–water partition coefficient (Wildman–Crippen LogP) is 2.73. The van der Waals surface area contributed by atoms with Gasteiger partial charge in [0.2, 0.25) is 0 Å². The molecule has 0 spiro atoms. The van der Waals surface area contributed by atoms with Crippen LogP contribution in [0.25, 0.3) is 0 Å². The predicted molar refractivity (Wildman–Crippen MR) is 75.3 cm³/mol. The lowest BCUT2D eigenvalue weighted by Gasteiger charge is -2.14. The van der Waals surface area contributed by atoms with Gasteiger partial charge in [0.15, 0.2) is 5.76 Å². The van der Waals surface area contributed by atoms with E-state index in [0.717, 1.165) is 22.6 Å². The van der Waals surface area contributed by atoms with E-state index in [1.165, 1.54) is 0 Å². The van der Waals surface area contributed by atoms with E-state index < -0.39 is 0 Å². The Bertz CT molecular complexity index is 564. The average molecular weight is 276 g/mol. The molecular formula is C15H20N2O3. The molecule has 108 valence electrons. The fourth-order valence-corrected chi connectivity index (χ4v) is 1.93. The van der Waals surface area contributed by atoms with Crippen molar-refractivity contribution in [2.24, 2.45) is 5.73 Å². The number of benzene rings is 1. The van der Waals surface area contributed by atoms with E-state index >= 15 is 0 Å². The molecule has 2 rings (SSSR count). The third-order valence-electron chi connectivity index (χ3n) is 2.93. The van der Waals surface area contributed by atoms with Crippen LogP contribution in [-0.2, 0) is 18.0 Å². The number of nitrogens with two attached hydrogens (primary N) is 1. The fourth-order valence-electron chi connectivity index (χ4n) is 1.93. The molecule has 0 unspecified atom stereocenters. The lowest BCUT2D eigenvalue weighted by atomic mass is 10.1. The van der Waals surface area contributed by atoms with Gasteiger partial charge in [0, 0.05) is 24.8 Å². The molecule has 5 nitrogen and oxygen atoms in total. The van der Waals surface area contributed by atoms with Gasteiger partial charge in [0.1, 0.15) is 24.7 Å². The molecule has 0 saturated heterocycles. The third kappa shape index (κ3) is 3.59. The number of aryl methyl sites for hydroxylation is 1. The van der Waals surface area contributed by atoms with Crippen LogP contribution in [0.4, 0.5) is 0 Å². The van der Waals surface area contributed by atoms with E-state index in [9.17, 15) is 0 Å². The van der Waals surface area contributed by atoms with Crippen LogP contribution >= 0.6 is 0 Å². The molecule has 0 fully saturated rings. The fraction of sp³-hybridized carbons (Fsp3) is 0.400. The van der Waals surface area contributed by atoms with E-state index in [1.807, 2.05) is 38.1 Å². The highest BCUT2D eigenvalue weighted by molar-refractivity contribution is 5.39. The van der Waals surface area contributed by atoms with Crippen molar-refractivity contribution in [2.45, 2.75) is 33.1 Å². The maximum Gasteiger partial charge on any atom is 0.162 e. The molecule has 5 heteroatoms. The first kappa shape index (κ1) is 14.6. The van der Waals surface area contributed by atoms with Crippen LogP contribution in [-0.4, -0.2) is 12.3 Å². The topological polar surface area (TPSA) is 70.5 Å². The number of hydrogen-bond acceptors (Lipinski definition) is 5. The second-order valence-corrected chi connectivity index (χ2v) is 4.84. The molecule has 0 bridgehead atoms. The van der Waals surface area contributed by atoms with Gasteiger partial charge in [-0.05, 0) is 25.5 Å². The number of aromatic nitrogens is 1. The maximum atomic E-state index is 5.95. The molecule has 1 aromatic heterocycles. The molecule has 0 radical (unpaired) electrons. The summed E-state index contributed by atoms with van der Waals surface area (Å²) >= 11 is 0. The Hall–Kier alpha value is -1.85. The molecule has 0 amide bonds. The SMILES string of the molecule is COCc1cc(COc2cc(C)ccc2[C@@H](C)N)no1. The lowest BCUT2D eigenvalue weighted by Crippen LogP contribution is -2.08. The molecule has 2 aromatic rings. The summed E-state index contributed by atoms with van der Waals surface area (Å²) in [6.07, 6.45) is 0. The minimum absolute atomic E-state index is 0.0769. The van der Waals surface area contributed by atoms with Gasteiger partial charge >= 0.3 is 0 Å². The minimum atomic E-state index is -0.0769. The van der Waals surface area contributed by atoms with Crippen LogP contribution in [0, 0.1) is 6.92 Å². The molecule has 20 heavy (non-hydrogen) atoms. The Labute approximate surface area is 118 Å². The van der Waals surface area contributed by atoms with Gasteiger partial charge in [0.25, 0.3) is 0 Å².